The monoisotopic (exact) mass is 446 g/mol. The van der Waals surface area contributed by atoms with E-state index in [0.717, 1.165) is 16.0 Å². The maximum absolute atomic E-state index is 12.5. The Kier molecular flexibility index (Phi) is 6.42. The Bertz CT molecular complexity index is 1270. The molecule has 0 atom stereocenters. The maximum atomic E-state index is 12.5. The predicted molar refractivity (Wildman–Crippen MR) is 126 cm³/mol. The number of H-pyrrole nitrogens is 1. The fraction of sp³-hybridized carbons (Fsp3) is 0.167. The Hall–Kier alpha value is -3.78. The van der Waals surface area contributed by atoms with Gasteiger partial charge >= 0.3 is 0 Å². The molecule has 162 valence electrons. The Balaban J connectivity index is 1.67. The van der Waals surface area contributed by atoms with Crippen molar-refractivity contribution in [3.8, 4) is 27.6 Å². The highest BCUT2D eigenvalue weighted by atomic mass is 32.1. The molecule has 0 saturated heterocycles. The molecule has 0 unspecified atom stereocenters. The van der Waals surface area contributed by atoms with Crippen LogP contribution < -0.4 is 15.6 Å². The number of hydrogen-bond donors (Lipinski definition) is 2. The van der Waals surface area contributed by atoms with Gasteiger partial charge in [0.05, 0.1) is 10.6 Å². The lowest BCUT2D eigenvalue weighted by Crippen LogP contribution is -2.20. The molecule has 0 aliphatic rings. The van der Waals surface area contributed by atoms with Crippen LogP contribution in [0.2, 0.25) is 0 Å². The van der Waals surface area contributed by atoms with Crippen LogP contribution in [0.15, 0.2) is 71.5 Å². The van der Waals surface area contributed by atoms with E-state index in [0.29, 0.717) is 22.3 Å². The number of rotatable bonds is 7. The second kappa shape index (κ2) is 9.57. The summed E-state index contributed by atoms with van der Waals surface area (Å²) in [7, 11) is 0. The van der Waals surface area contributed by atoms with Crippen molar-refractivity contribution in [3.05, 3.63) is 82.6 Å². The fourth-order valence-electron chi connectivity index (χ4n) is 3.19. The van der Waals surface area contributed by atoms with Gasteiger partial charge in [0.25, 0.3) is 11.5 Å². The molecule has 4 rings (SSSR count). The highest BCUT2D eigenvalue weighted by Crippen LogP contribution is 2.40. The number of aromatic amines is 1. The van der Waals surface area contributed by atoms with E-state index in [2.05, 4.69) is 20.5 Å². The van der Waals surface area contributed by atoms with Gasteiger partial charge in [0.15, 0.2) is 11.7 Å². The average molecular weight is 447 g/mol. The van der Waals surface area contributed by atoms with Crippen molar-refractivity contribution in [1.29, 1.82) is 0 Å². The van der Waals surface area contributed by atoms with E-state index in [1.165, 1.54) is 11.3 Å². The van der Waals surface area contributed by atoms with Crippen molar-refractivity contribution in [1.82, 2.24) is 15.2 Å². The first kappa shape index (κ1) is 21.5. The topological polar surface area (TPSA) is 97.0 Å². The zero-order valence-corrected chi connectivity index (χ0v) is 18.5. The zero-order valence-electron chi connectivity index (χ0n) is 17.7. The van der Waals surface area contributed by atoms with Crippen LogP contribution in [0.5, 0.6) is 5.75 Å². The number of hydrogen-bond acceptors (Lipinski definition) is 6. The number of ether oxygens (including phenoxy) is 1. The number of benzene rings is 2. The van der Waals surface area contributed by atoms with E-state index in [9.17, 15) is 9.59 Å². The molecular weight excluding hydrogens is 424 g/mol. The van der Waals surface area contributed by atoms with Crippen LogP contribution >= 0.6 is 11.3 Å². The number of para-hydroxylation sites is 1. The van der Waals surface area contributed by atoms with Gasteiger partial charge in [0, 0.05) is 11.6 Å². The number of thiazole rings is 1. The number of aromatic nitrogens is 3. The van der Waals surface area contributed by atoms with E-state index in [4.69, 9.17) is 4.74 Å². The molecule has 2 heterocycles. The number of carbonyl (C=O) groups is 1. The molecule has 0 saturated carbocycles. The minimum atomic E-state index is -0.313. The average Bonchev–Trinajstić information content (AvgIpc) is 3.22. The Morgan fingerprint density at radius 1 is 1.06 bits per heavy atom. The van der Waals surface area contributed by atoms with Gasteiger partial charge in [-0.3, -0.25) is 14.9 Å². The summed E-state index contributed by atoms with van der Waals surface area (Å²) < 4.78 is 5.52. The van der Waals surface area contributed by atoms with Crippen molar-refractivity contribution in [3.63, 3.8) is 0 Å². The van der Waals surface area contributed by atoms with Gasteiger partial charge in [-0.25, -0.2) is 10.1 Å². The highest BCUT2D eigenvalue weighted by Gasteiger charge is 2.21. The number of carbonyl (C=O) groups excluding carboxylic acids is 1. The maximum Gasteiger partial charge on any atom is 0.264 e. The first-order valence-corrected chi connectivity index (χ1v) is 11.0. The largest absolute Gasteiger partial charge is 0.484 e. The van der Waals surface area contributed by atoms with Gasteiger partial charge < -0.3 is 4.74 Å². The Labute approximate surface area is 189 Å². The van der Waals surface area contributed by atoms with Crippen LogP contribution in [-0.2, 0) is 4.79 Å². The molecule has 2 aromatic carbocycles. The predicted octanol–water partition coefficient (Wildman–Crippen LogP) is 4.70. The molecule has 4 aromatic rings. The number of nitrogens with zero attached hydrogens (tertiary/aromatic N) is 2. The summed E-state index contributed by atoms with van der Waals surface area (Å²) in [6.07, 6.45) is 0. The second-order valence-corrected chi connectivity index (χ2v) is 8.40. The molecule has 7 nitrogen and oxygen atoms in total. The Morgan fingerprint density at radius 2 is 1.75 bits per heavy atom. The molecule has 32 heavy (non-hydrogen) atoms. The summed E-state index contributed by atoms with van der Waals surface area (Å²) in [5, 5.41) is 10.1. The SMILES string of the molecule is CC(C)c1cc(=O)[nH]nc1-c1sc(NC(=O)COc2ccccc2)nc1-c1ccccc1. The smallest absolute Gasteiger partial charge is 0.264 e. The molecule has 0 aliphatic heterocycles. The van der Waals surface area contributed by atoms with Crippen LogP contribution in [0, 0.1) is 0 Å². The fourth-order valence-corrected chi connectivity index (χ4v) is 4.20. The van der Waals surface area contributed by atoms with Gasteiger partial charge in [-0.05, 0) is 23.6 Å². The molecular formula is C24H22N4O3S. The zero-order chi connectivity index (χ0) is 22.5. The van der Waals surface area contributed by atoms with Crippen LogP contribution in [0.4, 0.5) is 5.13 Å². The molecule has 8 heteroatoms. The quantitative estimate of drug-likeness (QED) is 0.429. The van der Waals surface area contributed by atoms with Crippen molar-refractivity contribution in [2.24, 2.45) is 0 Å². The van der Waals surface area contributed by atoms with Crippen molar-refractivity contribution >= 4 is 22.4 Å². The van der Waals surface area contributed by atoms with Crippen LogP contribution in [-0.4, -0.2) is 27.7 Å². The second-order valence-electron chi connectivity index (χ2n) is 7.40. The lowest BCUT2D eigenvalue weighted by Gasteiger charge is -2.10. The van der Waals surface area contributed by atoms with Gasteiger partial charge in [0.1, 0.15) is 11.4 Å². The first-order chi connectivity index (χ1) is 15.5. The molecule has 2 aromatic heterocycles. The van der Waals surface area contributed by atoms with E-state index in [1.807, 2.05) is 62.4 Å². The molecule has 0 bridgehead atoms. The Morgan fingerprint density at radius 3 is 2.44 bits per heavy atom. The van der Waals surface area contributed by atoms with Crippen LogP contribution in [0.3, 0.4) is 0 Å². The van der Waals surface area contributed by atoms with Gasteiger partial charge in [-0.1, -0.05) is 73.7 Å². The number of nitrogens with one attached hydrogen (secondary N) is 2. The third kappa shape index (κ3) is 4.92. The van der Waals surface area contributed by atoms with Crippen molar-refractivity contribution in [2.45, 2.75) is 19.8 Å². The van der Waals surface area contributed by atoms with Crippen molar-refractivity contribution < 1.29 is 9.53 Å². The summed E-state index contributed by atoms with van der Waals surface area (Å²) in [6.45, 7) is 3.88. The van der Waals surface area contributed by atoms with Crippen molar-refractivity contribution in [2.75, 3.05) is 11.9 Å². The lowest BCUT2D eigenvalue weighted by molar-refractivity contribution is -0.118. The van der Waals surface area contributed by atoms with Crippen LogP contribution in [0.1, 0.15) is 25.3 Å². The van der Waals surface area contributed by atoms with Gasteiger partial charge in [0.2, 0.25) is 0 Å². The summed E-state index contributed by atoms with van der Waals surface area (Å²) in [5.74, 6) is 0.390. The minimum Gasteiger partial charge on any atom is -0.484 e. The summed E-state index contributed by atoms with van der Waals surface area (Å²) in [6, 6.07) is 20.4. The summed E-state index contributed by atoms with van der Waals surface area (Å²) >= 11 is 1.31. The van der Waals surface area contributed by atoms with Crippen LogP contribution in [0.25, 0.3) is 21.8 Å². The normalized spacial score (nSPS) is 10.8. The van der Waals surface area contributed by atoms with E-state index in [1.54, 1.807) is 18.2 Å². The molecule has 0 radical (unpaired) electrons. The number of anilines is 1. The van der Waals surface area contributed by atoms with E-state index in [-0.39, 0.29) is 24.0 Å². The van der Waals surface area contributed by atoms with E-state index < -0.39 is 0 Å². The third-order valence-electron chi connectivity index (χ3n) is 4.71. The summed E-state index contributed by atoms with van der Waals surface area (Å²) in [5.41, 5.74) is 2.80. The van der Waals surface area contributed by atoms with Gasteiger partial charge in [-0.15, -0.1) is 0 Å². The highest BCUT2D eigenvalue weighted by molar-refractivity contribution is 7.19. The third-order valence-corrected chi connectivity index (χ3v) is 5.69. The molecule has 1 amide bonds. The molecule has 0 aliphatic carbocycles. The van der Waals surface area contributed by atoms with Gasteiger partial charge in [-0.2, -0.15) is 5.10 Å². The molecule has 2 N–H and O–H groups in total. The molecule has 0 spiro atoms. The molecule has 0 fully saturated rings. The minimum absolute atomic E-state index is 0.0860. The standard InChI is InChI=1S/C24H22N4O3S/c1-15(2)18-13-19(29)27-28-22(18)23-21(16-9-5-3-6-10-16)26-24(32-23)25-20(30)14-31-17-11-7-4-8-12-17/h3-13,15H,14H2,1-2H3,(H,27,29)(H,25,26,30). The van der Waals surface area contributed by atoms with E-state index >= 15 is 0 Å². The summed E-state index contributed by atoms with van der Waals surface area (Å²) in [4.78, 5) is 29.8. The lowest BCUT2D eigenvalue weighted by atomic mass is 10.00. The number of amides is 1. The first-order valence-electron chi connectivity index (χ1n) is 10.1.